The normalized spacial score (nSPS) is 17.5. The summed E-state index contributed by atoms with van der Waals surface area (Å²) in [6.07, 6.45) is 1.54. The maximum absolute atomic E-state index is 12.4. The predicted octanol–water partition coefficient (Wildman–Crippen LogP) is 1.87. The molecular formula is C13H14BrN5O. The lowest BCUT2D eigenvalue weighted by Gasteiger charge is -2.18. The number of hydrogen-bond acceptors (Lipinski definition) is 4. The van der Waals surface area contributed by atoms with Crippen molar-refractivity contribution in [1.29, 1.82) is 0 Å². The lowest BCUT2D eigenvalue weighted by Crippen LogP contribution is -2.37. The Hall–Kier alpha value is -1.76. The van der Waals surface area contributed by atoms with Crippen LogP contribution in [0, 0.1) is 0 Å². The molecule has 104 valence electrons. The zero-order valence-electron chi connectivity index (χ0n) is 10.9. The second-order valence-corrected chi connectivity index (χ2v) is 5.98. The highest BCUT2D eigenvalue weighted by Crippen LogP contribution is 2.46. The minimum atomic E-state index is -0.587. The Kier molecular flexibility index (Phi) is 3.29. The first-order valence-electron chi connectivity index (χ1n) is 6.42. The molecular weight excluding hydrogens is 322 g/mol. The van der Waals surface area contributed by atoms with Gasteiger partial charge >= 0.3 is 0 Å². The Balaban J connectivity index is 1.72. The van der Waals surface area contributed by atoms with Crippen molar-refractivity contribution in [1.82, 2.24) is 25.9 Å². The van der Waals surface area contributed by atoms with Gasteiger partial charge in [0, 0.05) is 4.47 Å². The van der Waals surface area contributed by atoms with Crippen molar-refractivity contribution in [3.8, 4) is 0 Å². The maximum atomic E-state index is 12.4. The molecule has 0 bridgehead atoms. The summed E-state index contributed by atoms with van der Waals surface area (Å²) in [4.78, 5) is 12.4. The number of H-pyrrole nitrogens is 1. The van der Waals surface area contributed by atoms with Crippen LogP contribution in [-0.4, -0.2) is 26.5 Å². The summed E-state index contributed by atoms with van der Waals surface area (Å²) in [6.45, 7) is 1.97. The van der Waals surface area contributed by atoms with Gasteiger partial charge in [-0.05, 0) is 37.5 Å². The molecule has 0 aliphatic heterocycles. The molecule has 0 spiro atoms. The Morgan fingerprint density at radius 2 is 2.10 bits per heavy atom. The number of hydrogen-bond donors (Lipinski definition) is 2. The minimum absolute atomic E-state index is 0.0330. The molecule has 2 N–H and O–H groups in total. The van der Waals surface area contributed by atoms with Crippen LogP contribution in [0.2, 0.25) is 0 Å². The third-order valence-electron chi connectivity index (χ3n) is 3.68. The zero-order chi connectivity index (χ0) is 14.2. The molecule has 1 aliphatic carbocycles. The van der Waals surface area contributed by atoms with Gasteiger partial charge in [-0.2, -0.15) is 5.21 Å². The fourth-order valence-corrected chi connectivity index (χ4v) is 2.48. The van der Waals surface area contributed by atoms with Gasteiger partial charge in [-0.1, -0.05) is 33.3 Å². The standard InChI is InChI=1S/C13H14BrN5O/c1-8(9-2-4-10(14)5-3-9)15-12(20)13(6-7-13)11-16-18-19-17-11/h2-5,8H,6-7H2,1H3,(H,15,20)(H,16,17,18,19). The number of benzene rings is 1. The minimum Gasteiger partial charge on any atom is -0.349 e. The van der Waals surface area contributed by atoms with Crippen molar-refractivity contribution in [2.45, 2.75) is 31.2 Å². The zero-order valence-corrected chi connectivity index (χ0v) is 12.5. The van der Waals surface area contributed by atoms with Crippen molar-refractivity contribution in [2.75, 3.05) is 0 Å². The molecule has 2 aromatic rings. The van der Waals surface area contributed by atoms with Crippen molar-refractivity contribution < 1.29 is 4.79 Å². The van der Waals surface area contributed by atoms with E-state index in [0.717, 1.165) is 22.9 Å². The highest BCUT2D eigenvalue weighted by molar-refractivity contribution is 9.10. The van der Waals surface area contributed by atoms with Gasteiger partial charge in [-0.15, -0.1) is 10.2 Å². The summed E-state index contributed by atoms with van der Waals surface area (Å²) in [6, 6.07) is 7.85. The van der Waals surface area contributed by atoms with Crippen LogP contribution in [0.25, 0.3) is 0 Å². The quantitative estimate of drug-likeness (QED) is 0.893. The average Bonchev–Trinajstić information content (AvgIpc) is 3.07. The largest absolute Gasteiger partial charge is 0.349 e. The molecule has 20 heavy (non-hydrogen) atoms. The van der Waals surface area contributed by atoms with E-state index in [2.05, 4.69) is 41.9 Å². The summed E-state index contributed by atoms with van der Waals surface area (Å²) < 4.78 is 1.02. The molecule has 1 heterocycles. The number of amides is 1. The first kappa shape index (κ1) is 13.2. The lowest BCUT2D eigenvalue weighted by molar-refractivity contribution is -0.124. The highest BCUT2D eigenvalue weighted by atomic mass is 79.9. The number of aromatic nitrogens is 4. The van der Waals surface area contributed by atoms with E-state index in [0.29, 0.717) is 5.82 Å². The van der Waals surface area contributed by atoms with Crippen LogP contribution in [0.15, 0.2) is 28.7 Å². The van der Waals surface area contributed by atoms with Gasteiger partial charge in [-0.25, -0.2) is 0 Å². The second-order valence-electron chi connectivity index (χ2n) is 5.06. The van der Waals surface area contributed by atoms with Crippen LogP contribution >= 0.6 is 15.9 Å². The number of nitrogens with one attached hydrogen (secondary N) is 2. The number of carbonyl (C=O) groups excluding carboxylic acids is 1. The molecule has 1 fully saturated rings. The topological polar surface area (TPSA) is 83.6 Å². The number of carbonyl (C=O) groups is 1. The molecule has 1 aliphatic rings. The third kappa shape index (κ3) is 2.33. The molecule has 0 saturated heterocycles. The molecule has 1 amide bonds. The molecule has 1 aromatic heterocycles. The first-order chi connectivity index (χ1) is 9.62. The Bertz CT molecular complexity index is 606. The summed E-state index contributed by atoms with van der Waals surface area (Å²) >= 11 is 3.40. The number of rotatable bonds is 4. The van der Waals surface area contributed by atoms with Gasteiger partial charge in [0.1, 0.15) is 5.41 Å². The number of tetrazole rings is 1. The van der Waals surface area contributed by atoms with Gasteiger partial charge in [0.05, 0.1) is 6.04 Å². The fraction of sp³-hybridized carbons (Fsp3) is 0.385. The number of nitrogens with zero attached hydrogens (tertiary/aromatic N) is 3. The van der Waals surface area contributed by atoms with Crippen molar-refractivity contribution >= 4 is 21.8 Å². The van der Waals surface area contributed by atoms with E-state index in [-0.39, 0.29) is 11.9 Å². The Labute approximate surface area is 124 Å². The van der Waals surface area contributed by atoms with Crippen molar-refractivity contribution in [3.63, 3.8) is 0 Å². The summed E-state index contributed by atoms with van der Waals surface area (Å²) in [5.41, 5.74) is 0.474. The lowest BCUT2D eigenvalue weighted by atomic mass is 10.0. The smallest absolute Gasteiger partial charge is 0.234 e. The average molecular weight is 336 g/mol. The maximum Gasteiger partial charge on any atom is 0.234 e. The van der Waals surface area contributed by atoms with Gasteiger partial charge in [-0.3, -0.25) is 4.79 Å². The van der Waals surface area contributed by atoms with Gasteiger partial charge < -0.3 is 5.32 Å². The van der Waals surface area contributed by atoms with E-state index in [1.54, 1.807) is 0 Å². The molecule has 1 saturated carbocycles. The van der Waals surface area contributed by atoms with E-state index >= 15 is 0 Å². The van der Waals surface area contributed by atoms with Crippen LogP contribution in [0.1, 0.15) is 37.2 Å². The summed E-state index contributed by atoms with van der Waals surface area (Å²) in [5.74, 6) is 0.451. The molecule has 1 aromatic carbocycles. The molecule has 6 nitrogen and oxygen atoms in total. The monoisotopic (exact) mass is 335 g/mol. The highest BCUT2D eigenvalue weighted by Gasteiger charge is 2.55. The SMILES string of the molecule is CC(NC(=O)C1(c2nn[nH]n2)CC1)c1ccc(Br)cc1. The van der Waals surface area contributed by atoms with Gasteiger partial charge in [0.2, 0.25) is 5.91 Å². The van der Waals surface area contributed by atoms with E-state index in [1.807, 2.05) is 31.2 Å². The predicted molar refractivity (Wildman–Crippen MR) is 75.8 cm³/mol. The summed E-state index contributed by atoms with van der Waals surface area (Å²) in [7, 11) is 0. The number of halogens is 1. The van der Waals surface area contributed by atoms with Crippen LogP contribution in [0.3, 0.4) is 0 Å². The van der Waals surface area contributed by atoms with E-state index < -0.39 is 5.41 Å². The van der Waals surface area contributed by atoms with Crippen LogP contribution in [0.5, 0.6) is 0 Å². The second kappa shape index (κ2) is 4.97. The Morgan fingerprint density at radius 1 is 1.40 bits per heavy atom. The number of aromatic amines is 1. The fourth-order valence-electron chi connectivity index (χ4n) is 2.21. The van der Waals surface area contributed by atoms with E-state index in [4.69, 9.17) is 0 Å². The Morgan fingerprint density at radius 3 is 2.65 bits per heavy atom. The van der Waals surface area contributed by atoms with Gasteiger partial charge in [0.25, 0.3) is 0 Å². The van der Waals surface area contributed by atoms with Crippen molar-refractivity contribution in [2.24, 2.45) is 0 Å². The first-order valence-corrected chi connectivity index (χ1v) is 7.21. The third-order valence-corrected chi connectivity index (χ3v) is 4.20. The van der Waals surface area contributed by atoms with Crippen LogP contribution in [0.4, 0.5) is 0 Å². The molecule has 1 atom stereocenters. The van der Waals surface area contributed by atoms with Gasteiger partial charge in [0.15, 0.2) is 5.82 Å². The molecule has 0 radical (unpaired) electrons. The van der Waals surface area contributed by atoms with E-state index in [9.17, 15) is 4.79 Å². The van der Waals surface area contributed by atoms with Crippen LogP contribution in [-0.2, 0) is 10.2 Å². The summed E-state index contributed by atoms with van der Waals surface area (Å²) in [5, 5.41) is 16.9. The van der Waals surface area contributed by atoms with Crippen LogP contribution < -0.4 is 5.32 Å². The van der Waals surface area contributed by atoms with E-state index in [1.165, 1.54) is 0 Å². The molecule has 7 heteroatoms. The molecule has 3 rings (SSSR count). The van der Waals surface area contributed by atoms with Crippen molar-refractivity contribution in [3.05, 3.63) is 40.1 Å². The molecule has 1 unspecified atom stereocenters.